The Hall–Kier alpha value is -4.08. The smallest absolute Gasteiger partial charge is 0.313 e. The van der Waals surface area contributed by atoms with Gasteiger partial charge >= 0.3 is 11.8 Å². The second kappa shape index (κ2) is 9.16. The number of ether oxygens (including phenoxy) is 1. The Bertz CT molecular complexity index is 1060. The summed E-state index contributed by atoms with van der Waals surface area (Å²) in [6.07, 6.45) is 5.54. The molecule has 1 aromatic carbocycles. The van der Waals surface area contributed by atoms with Crippen LogP contribution in [0.3, 0.4) is 0 Å². The van der Waals surface area contributed by atoms with Crippen molar-refractivity contribution in [2.45, 2.75) is 19.4 Å². The number of benzene rings is 1. The normalized spacial score (nSPS) is 10.9. The average Bonchev–Trinajstić information content (AvgIpc) is 3.45. The fraction of sp³-hybridized carbons (Fsp3) is 0.238. The van der Waals surface area contributed by atoms with Crippen LogP contribution in [0.25, 0.3) is 11.3 Å². The number of carbonyl (C=O) groups excluding carboxylic acids is 3. The Labute approximate surface area is 178 Å². The van der Waals surface area contributed by atoms with Crippen molar-refractivity contribution in [2.75, 3.05) is 19.0 Å². The maximum Gasteiger partial charge on any atom is 0.313 e. The first kappa shape index (κ1) is 21.6. The monoisotopic (exact) mass is 426 g/mol. The molecular formula is C21H22N4O6. The van der Waals surface area contributed by atoms with Gasteiger partial charge in [-0.2, -0.15) is 0 Å². The number of hydrogen-bond donors (Lipinski definition) is 3. The summed E-state index contributed by atoms with van der Waals surface area (Å²) in [6, 6.07) is 6.39. The second-order valence-electron chi connectivity index (χ2n) is 7.27. The molecule has 3 aromatic rings. The number of amides is 3. The van der Waals surface area contributed by atoms with Gasteiger partial charge < -0.3 is 29.5 Å². The van der Waals surface area contributed by atoms with Crippen LogP contribution in [0.1, 0.15) is 24.2 Å². The summed E-state index contributed by atoms with van der Waals surface area (Å²) in [5, 5.41) is 7.80. The fourth-order valence-electron chi connectivity index (χ4n) is 2.71. The minimum Gasteiger partial charge on any atom is -0.496 e. The van der Waals surface area contributed by atoms with Gasteiger partial charge in [-0.15, -0.1) is 0 Å². The number of rotatable bonds is 7. The number of aromatic nitrogens is 1. The van der Waals surface area contributed by atoms with Crippen LogP contribution in [-0.4, -0.2) is 41.9 Å². The fourth-order valence-corrected chi connectivity index (χ4v) is 2.71. The zero-order chi connectivity index (χ0) is 22.4. The first-order valence-electron chi connectivity index (χ1n) is 9.30. The number of nitrogens with zero attached hydrogens (tertiary/aromatic N) is 1. The third kappa shape index (κ3) is 5.50. The van der Waals surface area contributed by atoms with Crippen molar-refractivity contribution in [3.05, 3.63) is 54.9 Å². The molecule has 31 heavy (non-hydrogen) atoms. The van der Waals surface area contributed by atoms with Crippen molar-refractivity contribution in [2.24, 2.45) is 0 Å². The van der Waals surface area contributed by atoms with Gasteiger partial charge in [0.2, 0.25) is 0 Å². The third-order valence-electron chi connectivity index (χ3n) is 4.29. The highest BCUT2D eigenvalue weighted by molar-refractivity contribution is 6.39. The van der Waals surface area contributed by atoms with Gasteiger partial charge in [0.05, 0.1) is 36.2 Å². The van der Waals surface area contributed by atoms with Gasteiger partial charge in [-0.1, -0.05) is 0 Å². The Morgan fingerprint density at radius 1 is 1.16 bits per heavy atom. The second-order valence-corrected chi connectivity index (χ2v) is 7.27. The lowest BCUT2D eigenvalue weighted by atomic mass is 10.1. The molecule has 0 aliphatic carbocycles. The molecule has 3 rings (SSSR count). The number of furan rings is 1. The van der Waals surface area contributed by atoms with Gasteiger partial charge in [-0.05, 0) is 32.0 Å². The predicted molar refractivity (Wildman–Crippen MR) is 110 cm³/mol. The van der Waals surface area contributed by atoms with E-state index in [0.29, 0.717) is 28.3 Å². The number of methoxy groups -OCH3 is 1. The van der Waals surface area contributed by atoms with E-state index >= 15 is 0 Å². The molecule has 0 bridgehead atoms. The molecule has 10 heteroatoms. The molecular weight excluding hydrogens is 404 g/mol. The summed E-state index contributed by atoms with van der Waals surface area (Å²) in [5.41, 5.74) is 0.507. The van der Waals surface area contributed by atoms with E-state index in [1.807, 2.05) is 0 Å². The highest BCUT2D eigenvalue weighted by Crippen LogP contribution is 2.32. The Morgan fingerprint density at radius 2 is 1.97 bits per heavy atom. The molecule has 0 aliphatic heterocycles. The SMILES string of the molecule is COc1cc(NC(=O)C(=O)NC(C)(C)CNC(=O)c2ccoc2)ccc1-c1cnco1. The number of hydrogen-bond acceptors (Lipinski definition) is 7. The van der Waals surface area contributed by atoms with E-state index in [9.17, 15) is 14.4 Å². The molecule has 2 heterocycles. The largest absolute Gasteiger partial charge is 0.496 e. The lowest BCUT2D eigenvalue weighted by Crippen LogP contribution is -2.54. The number of oxazole rings is 1. The van der Waals surface area contributed by atoms with Gasteiger partial charge in [0, 0.05) is 18.3 Å². The molecule has 2 aromatic heterocycles. The summed E-state index contributed by atoms with van der Waals surface area (Å²) in [7, 11) is 1.48. The molecule has 0 saturated heterocycles. The minimum atomic E-state index is -0.873. The first-order valence-corrected chi connectivity index (χ1v) is 9.30. The summed E-state index contributed by atoms with van der Waals surface area (Å²) in [6.45, 7) is 3.47. The average molecular weight is 426 g/mol. The molecule has 10 nitrogen and oxygen atoms in total. The maximum absolute atomic E-state index is 12.3. The predicted octanol–water partition coefficient (Wildman–Crippen LogP) is 2.21. The molecule has 3 amide bonds. The minimum absolute atomic E-state index is 0.107. The molecule has 0 atom stereocenters. The standard InChI is InChI=1S/C21H22N4O6/c1-21(2,11-23-18(26)13-6-7-30-10-13)25-20(28)19(27)24-14-4-5-15(16(8-14)29-3)17-9-22-12-31-17/h4-10,12H,11H2,1-3H3,(H,23,26)(H,24,27)(H,25,28). The zero-order valence-electron chi connectivity index (χ0n) is 17.2. The first-order chi connectivity index (χ1) is 14.8. The van der Waals surface area contributed by atoms with Crippen LogP contribution in [0.15, 0.2) is 58.2 Å². The van der Waals surface area contributed by atoms with E-state index in [4.69, 9.17) is 13.6 Å². The summed E-state index contributed by atoms with van der Waals surface area (Å²) >= 11 is 0. The molecule has 0 aliphatic rings. The molecule has 0 fully saturated rings. The molecule has 3 N–H and O–H groups in total. The van der Waals surface area contributed by atoms with Gasteiger partial charge in [-0.25, -0.2) is 4.98 Å². The van der Waals surface area contributed by atoms with Crippen LogP contribution < -0.4 is 20.7 Å². The Morgan fingerprint density at radius 3 is 2.61 bits per heavy atom. The zero-order valence-corrected chi connectivity index (χ0v) is 17.2. The van der Waals surface area contributed by atoms with Crippen molar-refractivity contribution >= 4 is 23.4 Å². The van der Waals surface area contributed by atoms with Crippen LogP contribution in [-0.2, 0) is 9.59 Å². The van der Waals surface area contributed by atoms with Crippen LogP contribution in [0.2, 0.25) is 0 Å². The molecule has 0 unspecified atom stereocenters. The molecule has 0 spiro atoms. The van der Waals surface area contributed by atoms with Crippen molar-refractivity contribution in [3.63, 3.8) is 0 Å². The van der Waals surface area contributed by atoms with Crippen LogP contribution in [0.4, 0.5) is 5.69 Å². The number of nitrogens with one attached hydrogen (secondary N) is 3. The van der Waals surface area contributed by atoms with Crippen molar-refractivity contribution in [3.8, 4) is 17.1 Å². The van der Waals surface area contributed by atoms with Gasteiger partial charge in [0.25, 0.3) is 5.91 Å². The number of carbonyl (C=O) groups is 3. The summed E-state index contributed by atoms with van der Waals surface area (Å²) in [5.74, 6) is -1.10. The van der Waals surface area contributed by atoms with Gasteiger partial charge in [0.1, 0.15) is 12.0 Å². The lowest BCUT2D eigenvalue weighted by Gasteiger charge is -2.26. The van der Waals surface area contributed by atoms with E-state index in [-0.39, 0.29) is 12.5 Å². The molecule has 0 saturated carbocycles. The third-order valence-corrected chi connectivity index (χ3v) is 4.29. The molecule has 162 valence electrons. The molecule has 0 radical (unpaired) electrons. The highest BCUT2D eigenvalue weighted by Gasteiger charge is 2.25. The quantitative estimate of drug-likeness (QED) is 0.493. The number of anilines is 1. The van der Waals surface area contributed by atoms with Crippen LogP contribution in [0.5, 0.6) is 5.75 Å². The van der Waals surface area contributed by atoms with Gasteiger partial charge in [-0.3, -0.25) is 14.4 Å². The Balaban J connectivity index is 1.58. The van der Waals surface area contributed by atoms with Crippen LogP contribution >= 0.6 is 0 Å². The van der Waals surface area contributed by atoms with E-state index in [1.54, 1.807) is 32.0 Å². The van der Waals surface area contributed by atoms with E-state index < -0.39 is 17.4 Å². The van der Waals surface area contributed by atoms with Crippen molar-refractivity contribution in [1.82, 2.24) is 15.6 Å². The van der Waals surface area contributed by atoms with Gasteiger partial charge in [0.15, 0.2) is 12.2 Å². The highest BCUT2D eigenvalue weighted by atomic mass is 16.5. The topological polar surface area (TPSA) is 136 Å². The Kier molecular flexibility index (Phi) is 6.39. The maximum atomic E-state index is 12.3. The van der Waals surface area contributed by atoms with E-state index in [1.165, 1.54) is 38.3 Å². The lowest BCUT2D eigenvalue weighted by molar-refractivity contribution is -0.137. The van der Waals surface area contributed by atoms with E-state index in [2.05, 4.69) is 20.9 Å². The van der Waals surface area contributed by atoms with Crippen molar-refractivity contribution < 1.29 is 28.0 Å². The summed E-state index contributed by atoms with van der Waals surface area (Å²) in [4.78, 5) is 40.5. The van der Waals surface area contributed by atoms with E-state index in [0.717, 1.165) is 0 Å². The summed E-state index contributed by atoms with van der Waals surface area (Å²) < 4.78 is 15.5. The van der Waals surface area contributed by atoms with Crippen molar-refractivity contribution in [1.29, 1.82) is 0 Å². The van der Waals surface area contributed by atoms with Crippen LogP contribution in [0, 0.1) is 0 Å².